The number of aromatic amines is 1. The Morgan fingerprint density at radius 1 is 1.00 bits per heavy atom. The van der Waals surface area contributed by atoms with E-state index in [0.29, 0.717) is 17.3 Å². The van der Waals surface area contributed by atoms with Crippen LogP contribution in [0, 0.1) is 6.92 Å². The van der Waals surface area contributed by atoms with Crippen molar-refractivity contribution in [3.05, 3.63) is 65.5 Å². The molecule has 10 nitrogen and oxygen atoms in total. The molecule has 13 heteroatoms. The van der Waals surface area contributed by atoms with Crippen LogP contribution in [-0.4, -0.2) is 51.8 Å². The van der Waals surface area contributed by atoms with E-state index in [0.717, 1.165) is 42.8 Å². The van der Waals surface area contributed by atoms with Crippen molar-refractivity contribution in [3.8, 4) is 33.2 Å². The Balaban J connectivity index is 0.000000617. The minimum Gasteiger partial charge on any atom is -0.368 e. The third-order valence-corrected chi connectivity index (χ3v) is 8.71. The molecule has 3 heterocycles. The minimum atomic E-state index is -3.69. The highest BCUT2D eigenvalue weighted by Crippen LogP contribution is 2.37. The second-order valence-corrected chi connectivity index (χ2v) is 13.6. The zero-order valence-electron chi connectivity index (χ0n) is 21.1. The summed E-state index contributed by atoms with van der Waals surface area (Å²) in [6.07, 6.45) is 0.715. The van der Waals surface area contributed by atoms with E-state index in [-0.39, 0.29) is 5.95 Å². The summed E-state index contributed by atoms with van der Waals surface area (Å²) >= 11 is 1.63. The fourth-order valence-corrected chi connectivity index (χ4v) is 5.83. The number of nitrogens with two attached hydrogens (primary N) is 1. The Morgan fingerprint density at radius 3 is 2.24 bits per heavy atom. The maximum absolute atomic E-state index is 13.0. The Hall–Kier alpha value is -3.52. The van der Waals surface area contributed by atoms with Gasteiger partial charge in [-0.2, -0.15) is 8.42 Å². The molecule has 0 spiro atoms. The summed E-state index contributed by atoms with van der Waals surface area (Å²) in [7, 11) is -7.35. The van der Waals surface area contributed by atoms with Gasteiger partial charge in [0.25, 0.3) is 10.1 Å². The van der Waals surface area contributed by atoms with Crippen molar-refractivity contribution < 1.29 is 21.4 Å². The first-order chi connectivity index (χ1) is 17.8. The number of anilines is 1. The Labute approximate surface area is 225 Å². The van der Waals surface area contributed by atoms with E-state index < -0.39 is 25.4 Å². The number of nitrogen functional groups attached to an aromatic ring is 1. The van der Waals surface area contributed by atoms with Gasteiger partial charge in [0.2, 0.25) is 16.0 Å². The first-order valence-electron chi connectivity index (χ1n) is 11.4. The van der Waals surface area contributed by atoms with Gasteiger partial charge >= 0.3 is 0 Å². The predicted octanol–water partition coefficient (Wildman–Crippen LogP) is 4.80. The Bertz CT molecular complexity index is 1810. The highest BCUT2D eigenvalue weighted by Gasteiger charge is 2.25. The van der Waals surface area contributed by atoms with Crippen molar-refractivity contribution in [1.82, 2.24) is 18.9 Å². The number of nitrogens with one attached hydrogen (secondary N) is 1. The highest BCUT2D eigenvalue weighted by molar-refractivity contribution is 7.90. The number of imidazole rings is 2. The number of thiophene rings is 1. The average Bonchev–Trinajstić information content (AvgIpc) is 3.53. The molecule has 5 rings (SSSR count). The molecule has 38 heavy (non-hydrogen) atoms. The summed E-state index contributed by atoms with van der Waals surface area (Å²) in [5, 5.41) is 1.40. The molecule has 4 N–H and O–H groups in total. The Morgan fingerprint density at radius 2 is 1.66 bits per heavy atom. The van der Waals surface area contributed by atoms with E-state index in [2.05, 4.69) is 23.0 Å². The largest absolute Gasteiger partial charge is 0.368 e. The zero-order valence-corrected chi connectivity index (χ0v) is 23.5. The monoisotopic (exact) mass is 573 g/mol. The Kier molecular flexibility index (Phi) is 7.48. The highest BCUT2D eigenvalue weighted by atomic mass is 32.2. The third kappa shape index (κ3) is 5.65. The van der Waals surface area contributed by atoms with E-state index in [4.69, 9.17) is 15.3 Å². The number of fused-ring (bicyclic) bond motifs is 1. The van der Waals surface area contributed by atoms with Gasteiger partial charge in [0.15, 0.2) is 0 Å². The van der Waals surface area contributed by atoms with Crippen LogP contribution in [0.1, 0.15) is 19.4 Å². The van der Waals surface area contributed by atoms with Crippen LogP contribution in [0.25, 0.3) is 44.2 Å². The molecule has 0 unspecified atom stereocenters. The molecule has 0 bridgehead atoms. The lowest BCUT2D eigenvalue weighted by molar-refractivity contribution is 0.490. The minimum absolute atomic E-state index is 0.0453. The van der Waals surface area contributed by atoms with Gasteiger partial charge in [-0.05, 0) is 49.9 Å². The fourth-order valence-electron chi connectivity index (χ4n) is 3.82. The molecule has 0 aliphatic rings. The summed E-state index contributed by atoms with van der Waals surface area (Å²) in [5.41, 5.74) is 11.5. The van der Waals surface area contributed by atoms with Crippen LogP contribution in [0.2, 0.25) is 0 Å². The van der Waals surface area contributed by atoms with Gasteiger partial charge in [-0.3, -0.25) is 4.55 Å². The first kappa shape index (κ1) is 27.5. The number of nitrogens with zero attached hydrogens (tertiary/aromatic N) is 3. The quantitative estimate of drug-likeness (QED) is 0.253. The second kappa shape index (κ2) is 10.3. The smallest absolute Gasteiger partial charge is 0.261 e. The van der Waals surface area contributed by atoms with E-state index in [1.807, 2.05) is 41.8 Å². The SMILES string of the molecule is CS(=O)(=O)O.Cc1ccsc1-c1nc(-c2ccc3nc(N)n(S(=O)(=O)C(C)C)c3c2)c(-c2ccccc2)[nH]1. The van der Waals surface area contributed by atoms with Crippen LogP contribution in [0.4, 0.5) is 5.95 Å². The number of hydrogen-bond acceptors (Lipinski definition) is 8. The van der Waals surface area contributed by atoms with Gasteiger partial charge in [-0.15, -0.1) is 11.3 Å². The molecule has 0 saturated carbocycles. The molecule has 0 aliphatic heterocycles. The second-order valence-electron chi connectivity index (χ2n) is 8.87. The first-order valence-corrected chi connectivity index (χ1v) is 15.7. The van der Waals surface area contributed by atoms with Crippen LogP contribution < -0.4 is 5.73 Å². The molecule has 2 aromatic carbocycles. The fraction of sp³-hybridized carbons (Fsp3) is 0.200. The maximum Gasteiger partial charge on any atom is 0.261 e. The van der Waals surface area contributed by atoms with E-state index >= 15 is 0 Å². The summed E-state index contributed by atoms with van der Waals surface area (Å²) in [6, 6.07) is 17.5. The van der Waals surface area contributed by atoms with E-state index in [9.17, 15) is 16.8 Å². The summed E-state index contributed by atoms with van der Waals surface area (Å²) in [4.78, 5) is 13.8. The molecular formula is C25H27N5O5S3. The number of hydrogen-bond donors (Lipinski definition) is 3. The lowest BCUT2D eigenvalue weighted by Gasteiger charge is -2.11. The van der Waals surface area contributed by atoms with E-state index in [1.165, 1.54) is 0 Å². The van der Waals surface area contributed by atoms with Gasteiger partial charge in [0, 0.05) is 11.1 Å². The molecule has 200 valence electrons. The summed E-state index contributed by atoms with van der Waals surface area (Å²) < 4.78 is 53.0. The molecule has 0 aliphatic carbocycles. The predicted molar refractivity (Wildman–Crippen MR) is 152 cm³/mol. The number of aromatic nitrogens is 4. The molecule has 0 saturated heterocycles. The van der Waals surface area contributed by atoms with Gasteiger partial charge in [0.05, 0.1) is 38.8 Å². The standard InChI is InChI=1S/C24H23N5O2S2.CH4O3S/c1-14(2)33(30,31)29-19-13-17(9-10-18(19)26-24(29)25)21-20(16-7-5-4-6-8-16)27-23(28-21)22-15(3)11-12-32-22;1-5(2,3)4/h4-14H,1-3H3,(H2,25,26)(H,27,28);1H3,(H,2,3,4). The molecule has 3 aromatic heterocycles. The number of benzene rings is 2. The average molecular weight is 574 g/mol. The van der Waals surface area contributed by atoms with Crippen LogP contribution >= 0.6 is 11.3 Å². The third-order valence-electron chi connectivity index (χ3n) is 5.60. The topological polar surface area (TPSA) is 161 Å². The molecule has 0 fully saturated rings. The van der Waals surface area contributed by atoms with Gasteiger partial charge < -0.3 is 10.7 Å². The summed E-state index contributed by atoms with van der Waals surface area (Å²) in [6.45, 7) is 5.31. The molecule has 0 atom stereocenters. The van der Waals surface area contributed by atoms with E-state index in [1.54, 1.807) is 37.3 Å². The van der Waals surface area contributed by atoms with Crippen LogP contribution in [0.3, 0.4) is 0 Å². The number of rotatable bonds is 5. The van der Waals surface area contributed by atoms with Crippen molar-refractivity contribution in [2.75, 3.05) is 12.0 Å². The number of H-pyrrole nitrogens is 1. The van der Waals surface area contributed by atoms with Crippen LogP contribution in [0.15, 0.2) is 60.0 Å². The van der Waals surface area contributed by atoms with Crippen LogP contribution in [-0.2, 0) is 20.1 Å². The molecule has 5 aromatic rings. The molecule has 0 radical (unpaired) electrons. The van der Waals surface area contributed by atoms with Crippen molar-refractivity contribution in [2.24, 2.45) is 0 Å². The molecule has 0 amide bonds. The lowest BCUT2D eigenvalue weighted by Crippen LogP contribution is -2.23. The van der Waals surface area contributed by atoms with Gasteiger partial charge in [-0.25, -0.2) is 22.4 Å². The van der Waals surface area contributed by atoms with Crippen molar-refractivity contribution in [1.29, 1.82) is 0 Å². The van der Waals surface area contributed by atoms with Gasteiger partial charge in [0.1, 0.15) is 5.82 Å². The lowest BCUT2D eigenvalue weighted by atomic mass is 10.0. The maximum atomic E-state index is 13.0. The zero-order chi connectivity index (χ0) is 27.8. The van der Waals surface area contributed by atoms with Gasteiger partial charge in [-0.1, -0.05) is 36.4 Å². The number of aryl methyl sites for hydroxylation is 1. The van der Waals surface area contributed by atoms with Crippen LogP contribution in [0.5, 0.6) is 0 Å². The molecular weight excluding hydrogens is 547 g/mol. The van der Waals surface area contributed by atoms with Crippen molar-refractivity contribution in [2.45, 2.75) is 26.0 Å². The van der Waals surface area contributed by atoms with Crippen molar-refractivity contribution in [3.63, 3.8) is 0 Å². The summed E-state index contributed by atoms with van der Waals surface area (Å²) in [5.74, 6) is 0.732. The normalized spacial score (nSPS) is 12.1. The van der Waals surface area contributed by atoms with Crippen molar-refractivity contribution >= 4 is 48.5 Å².